The standard InChI is InChI=1S/C25H39IO7Si/c1-18(27)32-22-20(15-26)13-25(23(28)29-5,33-34(6,7)24(2,3)4)14-21(22)31-17-30-16-19-11-9-8-10-12-19/h8-12,20-22H,13-17H2,1-7H3/t20-,21+,22+,25-/m0/s1. The van der Waals surface area contributed by atoms with Crippen LogP contribution < -0.4 is 0 Å². The molecular formula is C25H39IO7Si. The number of esters is 2. The molecular weight excluding hydrogens is 567 g/mol. The summed E-state index contributed by atoms with van der Waals surface area (Å²) in [5, 5.41) is -0.101. The van der Waals surface area contributed by atoms with Gasteiger partial charge in [0.1, 0.15) is 19.0 Å². The Bertz CT molecular complexity index is 811. The fraction of sp³-hybridized carbons (Fsp3) is 0.680. The van der Waals surface area contributed by atoms with Gasteiger partial charge in [0, 0.05) is 23.7 Å². The van der Waals surface area contributed by atoms with Gasteiger partial charge >= 0.3 is 11.9 Å². The van der Waals surface area contributed by atoms with Crippen molar-refractivity contribution in [3.05, 3.63) is 35.9 Å². The number of hydrogen-bond donors (Lipinski definition) is 0. The van der Waals surface area contributed by atoms with E-state index in [2.05, 4.69) is 56.5 Å². The van der Waals surface area contributed by atoms with Crippen LogP contribution in [0.3, 0.4) is 0 Å². The van der Waals surface area contributed by atoms with Gasteiger partial charge in [-0.25, -0.2) is 4.79 Å². The van der Waals surface area contributed by atoms with E-state index in [1.165, 1.54) is 14.0 Å². The zero-order chi connectivity index (χ0) is 25.6. The number of methoxy groups -OCH3 is 1. The summed E-state index contributed by atoms with van der Waals surface area (Å²) >= 11 is 2.26. The van der Waals surface area contributed by atoms with E-state index in [4.69, 9.17) is 23.4 Å². The van der Waals surface area contributed by atoms with E-state index in [9.17, 15) is 9.59 Å². The van der Waals surface area contributed by atoms with Crippen molar-refractivity contribution >= 4 is 42.8 Å². The molecule has 1 aromatic rings. The monoisotopic (exact) mass is 606 g/mol. The first kappa shape index (κ1) is 29.2. The normalized spacial score (nSPS) is 25.6. The maximum atomic E-state index is 13.2. The van der Waals surface area contributed by atoms with Gasteiger partial charge in [-0.05, 0) is 30.1 Å². The number of halogens is 1. The van der Waals surface area contributed by atoms with Crippen molar-refractivity contribution < 1.29 is 33.0 Å². The summed E-state index contributed by atoms with van der Waals surface area (Å²) in [6.07, 6.45) is -0.448. The van der Waals surface area contributed by atoms with E-state index in [1.54, 1.807) is 0 Å². The van der Waals surface area contributed by atoms with E-state index in [1.807, 2.05) is 30.3 Å². The lowest BCUT2D eigenvalue weighted by molar-refractivity contribution is -0.206. The molecule has 0 unspecified atom stereocenters. The quantitative estimate of drug-likeness (QED) is 0.0899. The second-order valence-corrected chi connectivity index (χ2v) is 16.0. The summed E-state index contributed by atoms with van der Waals surface area (Å²) in [7, 11) is -0.966. The van der Waals surface area contributed by atoms with Gasteiger partial charge in [-0.3, -0.25) is 4.79 Å². The molecule has 1 saturated carbocycles. The van der Waals surface area contributed by atoms with E-state index >= 15 is 0 Å². The molecule has 1 aliphatic carbocycles. The average Bonchev–Trinajstić information content (AvgIpc) is 2.76. The fourth-order valence-electron chi connectivity index (χ4n) is 4.02. The predicted molar refractivity (Wildman–Crippen MR) is 141 cm³/mol. The summed E-state index contributed by atoms with van der Waals surface area (Å²) < 4.78 is 30.3. The zero-order valence-electron chi connectivity index (χ0n) is 21.4. The van der Waals surface area contributed by atoms with Gasteiger partial charge in [0.2, 0.25) is 0 Å². The van der Waals surface area contributed by atoms with Crippen molar-refractivity contribution in [3.8, 4) is 0 Å². The van der Waals surface area contributed by atoms with Crippen molar-refractivity contribution in [2.75, 3.05) is 18.3 Å². The lowest BCUT2D eigenvalue weighted by Gasteiger charge is -2.50. The number of hydrogen-bond acceptors (Lipinski definition) is 7. The molecule has 2 rings (SSSR count). The molecule has 1 aliphatic rings. The molecule has 4 atom stereocenters. The second kappa shape index (κ2) is 12.3. The number of carbonyl (C=O) groups excluding carboxylic acids is 2. The largest absolute Gasteiger partial charge is 0.467 e. The highest BCUT2D eigenvalue weighted by Gasteiger charge is 2.57. The first-order chi connectivity index (χ1) is 15.8. The third-order valence-electron chi connectivity index (χ3n) is 6.75. The minimum atomic E-state index is -2.35. The first-order valence-electron chi connectivity index (χ1n) is 11.6. The summed E-state index contributed by atoms with van der Waals surface area (Å²) in [6.45, 7) is 12.4. The maximum Gasteiger partial charge on any atom is 0.337 e. The Morgan fingerprint density at radius 2 is 1.79 bits per heavy atom. The van der Waals surface area contributed by atoms with Crippen LogP contribution in [0.1, 0.15) is 46.1 Å². The SMILES string of the molecule is COC(=O)[C@]1(O[Si](C)(C)C(C)(C)C)C[C@@H](CI)[C@@H](OC(C)=O)[C@H](OCOCc2ccccc2)C1. The molecule has 0 spiro atoms. The number of benzene rings is 1. The number of alkyl halides is 1. The van der Waals surface area contributed by atoms with Gasteiger partial charge in [-0.2, -0.15) is 0 Å². The number of rotatable bonds is 10. The average molecular weight is 607 g/mol. The Morgan fingerprint density at radius 3 is 2.32 bits per heavy atom. The molecule has 0 radical (unpaired) electrons. The van der Waals surface area contributed by atoms with Gasteiger partial charge < -0.3 is 23.4 Å². The topological polar surface area (TPSA) is 80.3 Å². The third kappa shape index (κ3) is 7.49. The highest BCUT2D eigenvalue weighted by atomic mass is 127. The van der Waals surface area contributed by atoms with Crippen LogP contribution in [0.15, 0.2) is 30.3 Å². The first-order valence-corrected chi connectivity index (χ1v) is 16.0. The molecule has 0 bridgehead atoms. The van der Waals surface area contributed by atoms with Gasteiger partial charge in [0.15, 0.2) is 13.9 Å². The molecule has 7 nitrogen and oxygen atoms in total. The molecule has 0 N–H and O–H groups in total. The maximum absolute atomic E-state index is 13.2. The highest BCUT2D eigenvalue weighted by Crippen LogP contribution is 2.46. The summed E-state index contributed by atoms with van der Waals surface area (Å²) in [5.41, 5.74) is -0.143. The van der Waals surface area contributed by atoms with Gasteiger partial charge in [0.05, 0.1) is 13.7 Å². The molecule has 0 aromatic heterocycles. The zero-order valence-corrected chi connectivity index (χ0v) is 24.5. The van der Waals surface area contributed by atoms with Crippen LogP contribution in [0.25, 0.3) is 0 Å². The summed E-state index contributed by atoms with van der Waals surface area (Å²) in [5.74, 6) is -0.928. The molecule has 1 fully saturated rings. The van der Waals surface area contributed by atoms with Gasteiger partial charge in [-0.15, -0.1) is 0 Å². The summed E-state index contributed by atoms with van der Waals surface area (Å²) in [6, 6.07) is 9.80. The van der Waals surface area contributed by atoms with Crippen molar-refractivity contribution in [1.82, 2.24) is 0 Å². The molecule has 9 heteroatoms. The molecule has 1 aromatic carbocycles. The van der Waals surface area contributed by atoms with Crippen LogP contribution in [-0.2, 0) is 39.6 Å². The Kier molecular flexibility index (Phi) is 10.6. The number of ether oxygens (including phenoxy) is 4. The highest BCUT2D eigenvalue weighted by molar-refractivity contribution is 14.1. The Morgan fingerprint density at radius 1 is 1.15 bits per heavy atom. The van der Waals surface area contributed by atoms with Gasteiger partial charge in [0.25, 0.3) is 0 Å². The summed E-state index contributed by atoms with van der Waals surface area (Å²) in [4.78, 5) is 25.1. The smallest absolute Gasteiger partial charge is 0.337 e. The number of carbonyl (C=O) groups is 2. The predicted octanol–water partition coefficient (Wildman–Crippen LogP) is 5.26. The van der Waals surface area contributed by atoms with Gasteiger partial charge in [-0.1, -0.05) is 73.7 Å². The van der Waals surface area contributed by atoms with Crippen LogP contribution in [0.5, 0.6) is 0 Å². The van der Waals surface area contributed by atoms with Crippen LogP contribution in [0.2, 0.25) is 18.1 Å². The lowest BCUT2D eigenvalue weighted by atomic mass is 9.75. The Hall–Kier alpha value is -1.01. The van der Waals surface area contributed by atoms with E-state index in [0.29, 0.717) is 17.5 Å². The molecule has 192 valence electrons. The van der Waals surface area contributed by atoms with Crippen LogP contribution >= 0.6 is 22.6 Å². The molecule has 0 aliphatic heterocycles. The third-order valence-corrected chi connectivity index (χ3v) is 12.4. The van der Waals surface area contributed by atoms with Crippen LogP contribution in [0, 0.1) is 5.92 Å². The molecule has 0 amide bonds. The molecule has 34 heavy (non-hydrogen) atoms. The van der Waals surface area contributed by atoms with Crippen molar-refractivity contribution in [1.29, 1.82) is 0 Å². The minimum absolute atomic E-state index is 0.00262. The fourth-order valence-corrected chi connectivity index (χ4v) is 6.36. The Balaban J connectivity index is 2.29. The van der Waals surface area contributed by atoms with Crippen LogP contribution in [-0.4, -0.2) is 56.4 Å². The molecule has 0 saturated heterocycles. The van der Waals surface area contributed by atoms with E-state index < -0.39 is 32.1 Å². The molecule has 0 heterocycles. The lowest BCUT2D eigenvalue weighted by Crippen LogP contribution is -2.62. The van der Waals surface area contributed by atoms with Crippen LogP contribution in [0.4, 0.5) is 0 Å². The Labute approximate surface area is 218 Å². The van der Waals surface area contributed by atoms with E-state index in [0.717, 1.165) is 5.56 Å². The van der Waals surface area contributed by atoms with Crippen molar-refractivity contribution in [3.63, 3.8) is 0 Å². The second-order valence-electron chi connectivity index (χ2n) is 10.4. The minimum Gasteiger partial charge on any atom is -0.467 e. The van der Waals surface area contributed by atoms with E-state index in [-0.39, 0.29) is 30.1 Å². The van der Waals surface area contributed by atoms with Crippen molar-refractivity contribution in [2.45, 2.75) is 83.1 Å². The van der Waals surface area contributed by atoms with Crippen molar-refractivity contribution in [2.24, 2.45) is 5.92 Å².